The molecule has 0 heterocycles. The normalized spacial score (nSPS) is 12.7. The first-order chi connectivity index (χ1) is 32.5. The maximum absolute atomic E-state index is 12.8. The maximum Gasteiger partial charge on any atom is 0.306 e. The standard InChI is InChI=1S/C60H102O6/c1-4-7-10-13-16-19-22-25-28-30-31-33-35-38-41-44-47-50-53-59(62)65-56-57(55-64-58(61)52-49-46-43-40-37-34-27-24-21-18-15-12-9-6-3)66-60(63)54-51-48-45-42-39-36-32-29-26-23-20-17-14-11-8-5-2/h8,11,17,20,22,25-26,28-31,33,36,39,57H,4-7,9-10,12-16,18-19,21,23-24,27,32,34-35,37-38,40-56H2,1-3H3/b11-8-,20-17-,25-22-,29-26-,30-28-,33-31-,39-36-. The van der Waals surface area contributed by atoms with Crippen molar-refractivity contribution in [2.75, 3.05) is 13.2 Å². The van der Waals surface area contributed by atoms with Crippen molar-refractivity contribution < 1.29 is 28.6 Å². The van der Waals surface area contributed by atoms with Crippen LogP contribution < -0.4 is 0 Å². The van der Waals surface area contributed by atoms with Gasteiger partial charge in [0.2, 0.25) is 0 Å². The van der Waals surface area contributed by atoms with Gasteiger partial charge in [-0.05, 0) is 83.5 Å². The third-order valence-electron chi connectivity index (χ3n) is 11.7. The van der Waals surface area contributed by atoms with Crippen LogP contribution in [0.4, 0.5) is 0 Å². The fraction of sp³-hybridized carbons (Fsp3) is 0.717. The van der Waals surface area contributed by atoms with Gasteiger partial charge in [0.15, 0.2) is 6.10 Å². The van der Waals surface area contributed by atoms with Crippen molar-refractivity contribution in [1.29, 1.82) is 0 Å². The van der Waals surface area contributed by atoms with Crippen molar-refractivity contribution in [1.82, 2.24) is 0 Å². The molecule has 66 heavy (non-hydrogen) atoms. The molecule has 378 valence electrons. The van der Waals surface area contributed by atoms with Crippen LogP contribution in [0.3, 0.4) is 0 Å². The summed E-state index contributed by atoms with van der Waals surface area (Å²) in [4.78, 5) is 38.1. The molecule has 0 fully saturated rings. The van der Waals surface area contributed by atoms with Crippen molar-refractivity contribution in [3.05, 3.63) is 85.1 Å². The van der Waals surface area contributed by atoms with Gasteiger partial charge in [-0.1, -0.05) is 241 Å². The average molecular weight is 919 g/mol. The lowest BCUT2D eigenvalue weighted by Crippen LogP contribution is -2.30. The quantitative estimate of drug-likeness (QED) is 0.0199. The van der Waals surface area contributed by atoms with Crippen LogP contribution in [-0.2, 0) is 28.6 Å². The summed E-state index contributed by atoms with van der Waals surface area (Å²) in [5, 5.41) is 0. The van der Waals surface area contributed by atoms with E-state index in [9.17, 15) is 14.4 Å². The summed E-state index contributed by atoms with van der Waals surface area (Å²) in [6.45, 7) is 6.47. The Bertz CT molecular complexity index is 1290. The number of rotatable bonds is 49. The molecule has 0 radical (unpaired) electrons. The lowest BCUT2D eigenvalue weighted by Gasteiger charge is -2.18. The SMILES string of the molecule is CC/C=C\C/C=C\C/C=C\C/C=C\CCCCCC(=O)OC(COC(=O)CCCCCCC\C=C/C=C\C=C/CCCCCCC)COC(=O)CCCCCCCCCCCCCCCC. The molecule has 1 atom stereocenters. The summed E-state index contributed by atoms with van der Waals surface area (Å²) in [6.07, 6.45) is 69.9. The van der Waals surface area contributed by atoms with Crippen molar-refractivity contribution in [2.45, 2.75) is 264 Å². The molecule has 0 N–H and O–H groups in total. The van der Waals surface area contributed by atoms with Gasteiger partial charge in [0.05, 0.1) is 0 Å². The van der Waals surface area contributed by atoms with Gasteiger partial charge >= 0.3 is 17.9 Å². The zero-order valence-corrected chi connectivity index (χ0v) is 43.2. The van der Waals surface area contributed by atoms with Crippen LogP contribution in [0.2, 0.25) is 0 Å². The summed E-state index contributed by atoms with van der Waals surface area (Å²) in [7, 11) is 0. The molecule has 0 amide bonds. The number of allylic oxidation sites excluding steroid dienone is 14. The molecule has 0 saturated carbocycles. The second-order valence-corrected chi connectivity index (χ2v) is 18.2. The number of carbonyl (C=O) groups is 3. The van der Waals surface area contributed by atoms with Crippen LogP contribution in [-0.4, -0.2) is 37.2 Å². The van der Waals surface area contributed by atoms with Crippen LogP contribution in [0.15, 0.2) is 85.1 Å². The van der Waals surface area contributed by atoms with Gasteiger partial charge in [-0.15, -0.1) is 0 Å². The largest absolute Gasteiger partial charge is 0.462 e. The highest BCUT2D eigenvalue weighted by atomic mass is 16.6. The Balaban J connectivity index is 4.47. The molecule has 0 aromatic carbocycles. The van der Waals surface area contributed by atoms with Gasteiger partial charge in [-0.2, -0.15) is 0 Å². The van der Waals surface area contributed by atoms with Crippen LogP contribution >= 0.6 is 0 Å². The van der Waals surface area contributed by atoms with Gasteiger partial charge in [0, 0.05) is 19.3 Å². The summed E-state index contributed by atoms with van der Waals surface area (Å²) in [5.74, 6) is -0.942. The van der Waals surface area contributed by atoms with Crippen LogP contribution in [0, 0.1) is 0 Å². The van der Waals surface area contributed by atoms with E-state index in [0.29, 0.717) is 12.8 Å². The monoisotopic (exact) mass is 919 g/mol. The number of unbranched alkanes of at least 4 members (excludes halogenated alkanes) is 26. The third-order valence-corrected chi connectivity index (χ3v) is 11.7. The minimum Gasteiger partial charge on any atom is -0.462 e. The number of carbonyl (C=O) groups excluding carboxylic acids is 3. The Morgan fingerprint density at radius 3 is 1.06 bits per heavy atom. The highest BCUT2D eigenvalue weighted by Crippen LogP contribution is 2.15. The van der Waals surface area contributed by atoms with E-state index in [-0.39, 0.29) is 37.5 Å². The Labute approximate surface area is 407 Å². The molecule has 0 aliphatic heterocycles. The molecule has 1 unspecified atom stereocenters. The molecule has 0 aromatic rings. The zero-order valence-electron chi connectivity index (χ0n) is 43.2. The summed E-state index contributed by atoms with van der Waals surface area (Å²) >= 11 is 0. The molecule has 6 heteroatoms. The number of esters is 3. The zero-order chi connectivity index (χ0) is 47.9. The Hall–Kier alpha value is -3.41. The first-order valence-corrected chi connectivity index (χ1v) is 27.6. The minimum atomic E-state index is -0.801. The highest BCUT2D eigenvalue weighted by Gasteiger charge is 2.19. The maximum atomic E-state index is 12.8. The van der Waals surface area contributed by atoms with E-state index < -0.39 is 6.10 Å². The highest BCUT2D eigenvalue weighted by molar-refractivity contribution is 5.71. The van der Waals surface area contributed by atoms with Crippen LogP contribution in [0.5, 0.6) is 0 Å². The third kappa shape index (κ3) is 51.6. The summed E-state index contributed by atoms with van der Waals surface area (Å²) in [5.41, 5.74) is 0. The second kappa shape index (κ2) is 54.2. The Morgan fingerprint density at radius 1 is 0.333 bits per heavy atom. The first kappa shape index (κ1) is 62.6. The molecule has 0 aliphatic carbocycles. The van der Waals surface area contributed by atoms with E-state index >= 15 is 0 Å². The molecule has 6 nitrogen and oxygen atoms in total. The molecule has 0 spiro atoms. The second-order valence-electron chi connectivity index (χ2n) is 18.2. The molecule has 0 rings (SSSR count). The predicted octanol–water partition coefficient (Wildman–Crippen LogP) is 18.4. The number of hydrogen-bond acceptors (Lipinski definition) is 6. The Kier molecular flexibility index (Phi) is 51.4. The molecule has 0 saturated heterocycles. The van der Waals surface area contributed by atoms with E-state index in [0.717, 1.165) is 116 Å². The van der Waals surface area contributed by atoms with Crippen molar-refractivity contribution in [2.24, 2.45) is 0 Å². The molecular formula is C60H102O6. The summed E-state index contributed by atoms with van der Waals surface area (Å²) < 4.78 is 16.8. The smallest absolute Gasteiger partial charge is 0.306 e. The van der Waals surface area contributed by atoms with E-state index in [2.05, 4.69) is 106 Å². The van der Waals surface area contributed by atoms with Gasteiger partial charge < -0.3 is 14.2 Å². The van der Waals surface area contributed by atoms with E-state index in [1.54, 1.807) is 0 Å². The molecular weight excluding hydrogens is 817 g/mol. The van der Waals surface area contributed by atoms with Gasteiger partial charge in [0.25, 0.3) is 0 Å². The van der Waals surface area contributed by atoms with Crippen LogP contribution in [0.1, 0.15) is 258 Å². The number of hydrogen-bond donors (Lipinski definition) is 0. The first-order valence-electron chi connectivity index (χ1n) is 27.6. The molecule has 0 aromatic heterocycles. The van der Waals surface area contributed by atoms with Gasteiger partial charge in [-0.3, -0.25) is 14.4 Å². The molecule has 0 aliphatic rings. The lowest BCUT2D eigenvalue weighted by molar-refractivity contribution is -0.167. The minimum absolute atomic E-state index is 0.0948. The van der Waals surface area contributed by atoms with E-state index in [4.69, 9.17) is 14.2 Å². The fourth-order valence-corrected chi connectivity index (χ4v) is 7.55. The van der Waals surface area contributed by atoms with E-state index in [1.165, 1.54) is 103 Å². The van der Waals surface area contributed by atoms with Crippen LogP contribution in [0.25, 0.3) is 0 Å². The van der Waals surface area contributed by atoms with Crippen molar-refractivity contribution in [3.8, 4) is 0 Å². The van der Waals surface area contributed by atoms with E-state index in [1.807, 2.05) is 0 Å². The van der Waals surface area contributed by atoms with Gasteiger partial charge in [0.1, 0.15) is 13.2 Å². The predicted molar refractivity (Wildman–Crippen MR) is 284 cm³/mol. The van der Waals surface area contributed by atoms with Crippen molar-refractivity contribution in [3.63, 3.8) is 0 Å². The number of ether oxygens (including phenoxy) is 3. The van der Waals surface area contributed by atoms with Gasteiger partial charge in [-0.25, -0.2) is 0 Å². The fourth-order valence-electron chi connectivity index (χ4n) is 7.55. The lowest BCUT2D eigenvalue weighted by atomic mass is 10.0. The Morgan fingerprint density at radius 2 is 0.652 bits per heavy atom. The average Bonchev–Trinajstić information content (AvgIpc) is 3.31. The topological polar surface area (TPSA) is 78.9 Å². The van der Waals surface area contributed by atoms with Crippen molar-refractivity contribution >= 4 is 17.9 Å². The summed E-state index contributed by atoms with van der Waals surface area (Å²) in [6, 6.07) is 0. The molecule has 0 bridgehead atoms.